The van der Waals surface area contributed by atoms with Gasteiger partial charge in [0.15, 0.2) is 0 Å². The van der Waals surface area contributed by atoms with E-state index >= 15 is 0 Å². The van der Waals surface area contributed by atoms with Crippen molar-refractivity contribution < 1.29 is 14.6 Å². The third-order valence-corrected chi connectivity index (χ3v) is 4.18. The summed E-state index contributed by atoms with van der Waals surface area (Å²) in [6, 6.07) is 0. The molecule has 0 amide bonds. The van der Waals surface area contributed by atoms with Crippen LogP contribution in [0.5, 0.6) is 0 Å². The molecule has 1 fully saturated rings. The van der Waals surface area contributed by atoms with Crippen molar-refractivity contribution in [3.8, 4) is 0 Å². The zero-order chi connectivity index (χ0) is 9.97. The second kappa shape index (κ2) is 4.13. The molecule has 0 saturated carbocycles. The van der Waals surface area contributed by atoms with Gasteiger partial charge in [-0.3, -0.25) is 0 Å². The maximum atomic E-state index is 10.7. The van der Waals surface area contributed by atoms with Gasteiger partial charge in [-0.2, -0.15) is 0 Å². The molecule has 1 aliphatic rings. The number of carbonyl (C=O) groups is 1. The Morgan fingerprint density at radius 2 is 2.29 bits per heavy atom. The normalized spacial score (nSPS) is 17.0. The Kier molecular flexibility index (Phi) is 2.86. The van der Waals surface area contributed by atoms with Gasteiger partial charge >= 0.3 is 86.6 Å². The summed E-state index contributed by atoms with van der Waals surface area (Å²) < 4.78 is 6.56. The van der Waals surface area contributed by atoms with E-state index < -0.39 is 5.97 Å². The van der Waals surface area contributed by atoms with Crippen molar-refractivity contribution in [2.75, 3.05) is 31.2 Å². The van der Waals surface area contributed by atoms with Crippen LogP contribution in [0.2, 0.25) is 0 Å². The fourth-order valence-electron chi connectivity index (χ4n) is 1.26. The number of anilines is 1. The van der Waals surface area contributed by atoms with Crippen LogP contribution in [0.15, 0.2) is 6.20 Å². The first kappa shape index (κ1) is 9.70. The van der Waals surface area contributed by atoms with Crippen LogP contribution in [0.1, 0.15) is 9.23 Å². The van der Waals surface area contributed by atoms with Crippen molar-refractivity contribution in [2.45, 2.75) is 0 Å². The van der Waals surface area contributed by atoms with Crippen LogP contribution < -0.4 is 4.90 Å². The number of hydrogen-bond donors (Lipinski definition) is 1. The topological polar surface area (TPSA) is 62.7 Å². The van der Waals surface area contributed by atoms with E-state index in [1.807, 2.05) is 0 Å². The number of nitrogens with zero attached hydrogens (tertiary/aromatic N) is 2. The van der Waals surface area contributed by atoms with E-state index in [1.54, 1.807) is 0 Å². The molecule has 0 radical (unpaired) electrons. The monoisotopic (exact) mass is 262 g/mol. The molecule has 14 heavy (non-hydrogen) atoms. The number of carboxylic acids is 1. The molecule has 0 atom stereocenters. The number of aromatic carboxylic acids is 1. The van der Waals surface area contributed by atoms with Crippen LogP contribution in [0.4, 0.5) is 4.69 Å². The van der Waals surface area contributed by atoms with Gasteiger partial charge in [0.25, 0.3) is 0 Å². The van der Waals surface area contributed by atoms with Crippen molar-refractivity contribution in [2.24, 2.45) is 0 Å². The number of aromatic nitrogens is 1. The molecule has 76 valence electrons. The van der Waals surface area contributed by atoms with E-state index in [-0.39, 0.29) is 14.5 Å². The molecule has 1 aromatic heterocycles. The van der Waals surface area contributed by atoms with Crippen LogP contribution in [0, 0.1) is 0 Å². The van der Waals surface area contributed by atoms with E-state index in [0.717, 1.165) is 17.8 Å². The van der Waals surface area contributed by atoms with Crippen LogP contribution in [0.25, 0.3) is 0 Å². The molecule has 6 heteroatoms. The molecule has 1 aliphatic heterocycles. The first-order valence-corrected chi connectivity index (χ1v) is 6.00. The molecule has 1 aromatic rings. The summed E-state index contributed by atoms with van der Waals surface area (Å²) >= 11 is -0.136. The summed E-state index contributed by atoms with van der Waals surface area (Å²) in [5.41, 5.74) is 0. The minimum atomic E-state index is -0.850. The van der Waals surface area contributed by atoms with Gasteiger partial charge in [-0.15, -0.1) is 0 Å². The summed E-state index contributed by atoms with van der Waals surface area (Å²) in [5, 5.41) is 8.76. The average molecular weight is 261 g/mol. The van der Waals surface area contributed by atoms with Crippen LogP contribution >= 0.6 is 0 Å². The van der Waals surface area contributed by atoms with Gasteiger partial charge in [0.1, 0.15) is 0 Å². The van der Waals surface area contributed by atoms with E-state index in [9.17, 15) is 4.79 Å². The zero-order valence-corrected chi connectivity index (χ0v) is 9.19. The number of hydrogen-bond acceptors (Lipinski definition) is 4. The second-order valence-corrected chi connectivity index (χ2v) is 5.03. The van der Waals surface area contributed by atoms with Gasteiger partial charge in [0.05, 0.1) is 0 Å². The van der Waals surface area contributed by atoms with Gasteiger partial charge in [0.2, 0.25) is 0 Å². The maximum absolute atomic E-state index is 10.7. The molecule has 0 aromatic carbocycles. The van der Waals surface area contributed by atoms with E-state index in [1.165, 1.54) is 6.20 Å². The molecular formula is C8H10N2O3Se. The van der Waals surface area contributed by atoms with E-state index in [4.69, 9.17) is 9.84 Å². The quantitative estimate of drug-likeness (QED) is 0.739. The fraction of sp³-hybridized carbons (Fsp3) is 0.500. The number of morpholine rings is 1. The molecule has 0 bridgehead atoms. The minimum absolute atomic E-state index is 0.136. The van der Waals surface area contributed by atoms with Crippen molar-refractivity contribution >= 4 is 25.2 Å². The van der Waals surface area contributed by atoms with Crippen LogP contribution in [-0.2, 0) is 4.74 Å². The van der Waals surface area contributed by atoms with Crippen LogP contribution in [-0.4, -0.2) is 56.9 Å². The molecular weight excluding hydrogens is 251 g/mol. The predicted molar refractivity (Wildman–Crippen MR) is 51.2 cm³/mol. The molecule has 2 rings (SSSR count). The van der Waals surface area contributed by atoms with Gasteiger partial charge in [-0.1, -0.05) is 0 Å². The predicted octanol–water partition coefficient (Wildman–Crippen LogP) is -0.327. The Balaban J connectivity index is 2.11. The summed E-state index contributed by atoms with van der Waals surface area (Å²) in [6.07, 6.45) is 1.47. The zero-order valence-electron chi connectivity index (χ0n) is 7.47. The van der Waals surface area contributed by atoms with E-state index in [0.29, 0.717) is 17.7 Å². The summed E-state index contributed by atoms with van der Waals surface area (Å²) in [7, 11) is 0. The molecule has 0 unspecified atom stereocenters. The van der Waals surface area contributed by atoms with Crippen molar-refractivity contribution in [3.63, 3.8) is 0 Å². The number of rotatable bonds is 2. The Labute approximate surface area is 87.1 Å². The summed E-state index contributed by atoms with van der Waals surface area (Å²) in [6.45, 7) is 3.05. The van der Waals surface area contributed by atoms with Crippen molar-refractivity contribution in [1.29, 1.82) is 0 Å². The van der Waals surface area contributed by atoms with Crippen LogP contribution in [0.3, 0.4) is 0 Å². The molecule has 5 nitrogen and oxygen atoms in total. The molecule has 0 aliphatic carbocycles. The van der Waals surface area contributed by atoms with Gasteiger partial charge in [-0.05, 0) is 0 Å². The number of carboxylic acid groups (broad SMARTS) is 1. The van der Waals surface area contributed by atoms with Crippen molar-refractivity contribution in [3.05, 3.63) is 10.6 Å². The SMILES string of the molecule is O=C(O)c1cnc(N2CCOCC2)[se]1. The Morgan fingerprint density at radius 3 is 2.86 bits per heavy atom. The second-order valence-electron chi connectivity index (χ2n) is 2.91. The standard InChI is InChI=1S/C8H10N2O3Se/c11-7(12)6-5-9-8(14-6)10-1-3-13-4-2-10/h5H,1-4H2,(H,11,12). The Bertz CT molecular complexity index is 333. The number of ether oxygens (including phenoxy) is 1. The fourth-order valence-corrected chi connectivity index (χ4v) is 2.96. The van der Waals surface area contributed by atoms with Gasteiger partial charge < -0.3 is 0 Å². The molecule has 1 saturated heterocycles. The molecule has 1 N–H and O–H groups in total. The first-order chi connectivity index (χ1) is 6.77. The molecule has 0 spiro atoms. The van der Waals surface area contributed by atoms with Crippen molar-refractivity contribution in [1.82, 2.24) is 4.98 Å². The summed E-state index contributed by atoms with van der Waals surface area (Å²) in [4.78, 5) is 16.9. The summed E-state index contributed by atoms with van der Waals surface area (Å²) in [5.74, 6) is -0.850. The third kappa shape index (κ3) is 1.97. The molecule has 2 heterocycles. The Hall–Kier alpha value is -0.841. The Morgan fingerprint density at radius 1 is 1.57 bits per heavy atom. The van der Waals surface area contributed by atoms with E-state index in [2.05, 4.69) is 9.88 Å². The van der Waals surface area contributed by atoms with Gasteiger partial charge in [-0.25, -0.2) is 0 Å². The van der Waals surface area contributed by atoms with Gasteiger partial charge in [0, 0.05) is 0 Å². The third-order valence-electron chi connectivity index (χ3n) is 1.99. The first-order valence-electron chi connectivity index (χ1n) is 4.29. The average Bonchev–Trinajstić information content (AvgIpc) is 2.68.